The molecule has 6 heteroatoms. The van der Waals surface area contributed by atoms with Crippen LogP contribution < -0.4 is 5.32 Å². The number of aliphatic hydroxyl groups is 1. The SMILES string of the molecule is O=C1N[C@@H](CO)C(=O)N2CCN(CCCc3ccccc3)C[C@H]12. The summed E-state index contributed by atoms with van der Waals surface area (Å²) in [5.74, 6) is -0.322. The topological polar surface area (TPSA) is 72.9 Å². The fraction of sp³-hybridized carbons (Fsp3) is 0.529. The average Bonchev–Trinajstić information content (AvgIpc) is 2.59. The van der Waals surface area contributed by atoms with Gasteiger partial charge in [0.25, 0.3) is 0 Å². The molecule has 23 heavy (non-hydrogen) atoms. The fourth-order valence-corrected chi connectivity index (χ4v) is 3.34. The van der Waals surface area contributed by atoms with Crippen LogP contribution >= 0.6 is 0 Å². The first-order chi connectivity index (χ1) is 11.2. The Morgan fingerprint density at radius 2 is 1.96 bits per heavy atom. The third-order valence-corrected chi connectivity index (χ3v) is 4.63. The molecule has 1 aromatic rings. The minimum Gasteiger partial charge on any atom is -0.394 e. The van der Waals surface area contributed by atoms with E-state index in [0.717, 1.165) is 25.9 Å². The number of nitrogens with one attached hydrogen (secondary N) is 1. The molecule has 0 radical (unpaired) electrons. The number of aryl methyl sites for hydroxylation is 1. The Morgan fingerprint density at radius 1 is 1.17 bits per heavy atom. The highest BCUT2D eigenvalue weighted by atomic mass is 16.3. The van der Waals surface area contributed by atoms with Gasteiger partial charge in [-0.2, -0.15) is 0 Å². The molecule has 124 valence electrons. The summed E-state index contributed by atoms with van der Waals surface area (Å²) >= 11 is 0. The number of rotatable bonds is 5. The molecule has 2 aliphatic rings. The van der Waals surface area contributed by atoms with E-state index >= 15 is 0 Å². The molecule has 2 fully saturated rings. The Labute approximate surface area is 136 Å². The summed E-state index contributed by atoms with van der Waals surface area (Å²) in [6, 6.07) is 9.16. The van der Waals surface area contributed by atoms with E-state index in [1.807, 2.05) is 18.2 Å². The number of amides is 2. The quantitative estimate of drug-likeness (QED) is 0.777. The standard InChI is InChI=1S/C17H23N3O3/c21-12-14-17(23)20-10-9-19(11-15(20)16(22)18-14)8-4-7-13-5-2-1-3-6-13/h1-3,5-6,14-15,21H,4,7-12H2,(H,18,22)/t14-,15+/m0/s1. The molecule has 2 aliphatic heterocycles. The lowest BCUT2D eigenvalue weighted by Crippen LogP contribution is -2.69. The number of hydrogen-bond acceptors (Lipinski definition) is 4. The van der Waals surface area contributed by atoms with Crippen molar-refractivity contribution in [2.24, 2.45) is 0 Å². The van der Waals surface area contributed by atoms with Gasteiger partial charge in [-0.05, 0) is 24.9 Å². The van der Waals surface area contributed by atoms with Crippen molar-refractivity contribution in [3.63, 3.8) is 0 Å². The van der Waals surface area contributed by atoms with Gasteiger partial charge < -0.3 is 15.3 Å². The third kappa shape index (κ3) is 3.54. The van der Waals surface area contributed by atoms with Crippen LogP contribution in [0.25, 0.3) is 0 Å². The lowest BCUT2D eigenvalue weighted by molar-refractivity contribution is -0.154. The van der Waals surface area contributed by atoms with Crippen LogP contribution in [0.15, 0.2) is 30.3 Å². The highest BCUT2D eigenvalue weighted by Crippen LogP contribution is 2.16. The van der Waals surface area contributed by atoms with Gasteiger partial charge in [-0.15, -0.1) is 0 Å². The summed E-state index contributed by atoms with van der Waals surface area (Å²) in [6.07, 6.45) is 2.05. The van der Waals surface area contributed by atoms with E-state index in [2.05, 4.69) is 22.3 Å². The van der Waals surface area contributed by atoms with E-state index in [0.29, 0.717) is 13.1 Å². The number of carbonyl (C=O) groups is 2. The van der Waals surface area contributed by atoms with Crippen molar-refractivity contribution in [3.8, 4) is 0 Å². The van der Waals surface area contributed by atoms with Crippen molar-refractivity contribution in [2.75, 3.05) is 32.8 Å². The van der Waals surface area contributed by atoms with Crippen molar-refractivity contribution in [3.05, 3.63) is 35.9 Å². The second kappa shape index (κ2) is 7.10. The van der Waals surface area contributed by atoms with E-state index < -0.39 is 12.1 Å². The minimum absolute atomic E-state index is 0.156. The van der Waals surface area contributed by atoms with Crippen LogP contribution in [0.4, 0.5) is 0 Å². The fourth-order valence-electron chi connectivity index (χ4n) is 3.34. The number of hydrogen-bond donors (Lipinski definition) is 2. The van der Waals surface area contributed by atoms with E-state index in [1.165, 1.54) is 5.56 Å². The molecule has 3 rings (SSSR count). The van der Waals surface area contributed by atoms with Crippen LogP contribution in [0, 0.1) is 0 Å². The summed E-state index contributed by atoms with van der Waals surface area (Å²) in [6.45, 7) is 2.49. The highest BCUT2D eigenvalue weighted by molar-refractivity contribution is 5.97. The van der Waals surface area contributed by atoms with Crippen LogP contribution in [-0.2, 0) is 16.0 Å². The Balaban J connectivity index is 1.51. The minimum atomic E-state index is -0.775. The first-order valence-corrected chi connectivity index (χ1v) is 8.17. The van der Waals surface area contributed by atoms with E-state index in [9.17, 15) is 14.7 Å². The first kappa shape index (κ1) is 16.0. The van der Waals surface area contributed by atoms with Gasteiger partial charge in [-0.1, -0.05) is 30.3 Å². The van der Waals surface area contributed by atoms with Crippen molar-refractivity contribution < 1.29 is 14.7 Å². The van der Waals surface area contributed by atoms with Gasteiger partial charge in [0.1, 0.15) is 12.1 Å². The normalized spacial score (nSPS) is 25.2. The zero-order chi connectivity index (χ0) is 16.2. The van der Waals surface area contributed by atoms with Crippen molar-refractivity contribution in [1.29, 1.82) is 0 Å². The molecular formula is C17H23N3O3. The molecular weight excluding hydrogens is 294 g/mol. The van der Waals surface area contributed by atoms with Crippen molar-refractivity contribution in [1.82, 2.24) is 15.1 Å². The second-order valence-corrected chi connectivity index (χ2v) is 6.18. The number of aliphatic hydroxyl groups excluding tert-OH is 1. The Bertz CT molecular complexity index is 563. The third-order valence-electron chi connectivity index (χ3n) is 4.63. The lowest BCUT2D eigenvalue weighted by Gasteiger charge is -2.45. The van der Waals surface area contributed by atoms with Gasteiger partial charge >= 0.3 is 0 Å². The van der Waals surface area contributed by atoms with Crippen molar-refractivity contribution >= 4 is 11.8 Å². The van der Waals surface area contributed by atoms with Crippen LogP contribution in [0.5, 0.6) is 0 Å². The lowest BCUT2D eigenvalue weighted by atomic mass is 10.0. The van der Waals surface area contributed by atoms with Gasteiger partial charge in [0.2, 0.25) is 11.8 Å². The van der Waals surface area contributed by atoms with E-state index in [-0.39, 0.29) is 18.4 Å². The van der Waals surface area contributed by atoms with Gasteiger partial charge in [0.05, 0.1) is 6.61 Å². The van der Waals surface area contributed by atoms with E-state index in [4.69, 9.17) is 0 Å². The van der Waals surface area contributed by atoms with Crippen LogP contribution in [0.1, 0.15) is 12.0 Å². The maximum atomic E-state index is 12.2. The molecule has 0 spiro atoms. The average molecular weight is 317 g/mol. The van der Waals surface area contributed by atoms with Gasteiger partial charge in [-0.3, -0.25) is 14.5 Å². The summed E-state index contributed by atoms with van der Waals surface area (Å²) in [7, 11) is 0. The van der Waals surface area contributed by atoms with Crippen LogP contribution in [0.2, 0.25) is 0 Å². The Morgan fingerprint density at radius 3 is 2.70 bits per heavy atom. The molecule has 0 bridgehead atoms. The molecule has 0 unspecified atom stereocenters. The van der Waals surface area contributed by atoms with Gasteiger partial charge in [-0.25, -0.2) is 0 Å². The molecule has 1 aromatic carbocycles. The molecule has 2 saturated heterocycles. The van der Waals surface area contributed by atoms with Gasteiger partial charge in [0.15, 0.2) is 0 Å². The number of carbonyl (C=O) groups excluding carboxylic acids is 2. The molecule has 6 nitrogen and oxygen atoms in total. The Kier molecular flexibility index (Phi) is 4.93. The summed E-state index contributed by atoms with van der Waals surface area (Å²) < 4.78 is 0. The summed E-state index contributed by atoms with van der Waals surface area (Å²) in [4.78, 5) is 28.2. The summed E-state index contributed by atoms with van der Waals surface area (Å²) in [5.41, 5.74) is 1.32. The monoisotopic (exact) mass is 317 g/mol. The number of benzene rings is 1. The molecule has 2 atom stereocenters. The first-order valence-electron chi connectivity index (χ1n) is 8.17. The summed E-state index contributed by atoms with van der Waals surface area (Å²) in [5, 5.41) is 11.8. The Hall–Kier alpha value is -1.92. The van der Waals surface area contributed by atoms with Crippen molar-refractivity contribution in [2.45, 2.75) is 24.9 Å². The molecule has 2 amide bonds. The largest absolute Gasteiger partial charge is 0.394 e. The molecule has 0 saturated carbocycles. The predicted octanol–water partition coefficient (Wildman–Crippen LogP) is -0.377. The zero-order valence-electron chi connectivity index (χ0n) is 13.1. The number of fused-ring (bicyclic) bond motifs is 1. The smallest absolute Gasteiger partial charge is 0.248 e. The van der Waals surface area contributed by atoms with Crippen LogP contribution in [-0.4, -0.2) is 71.6 Å². The molecule has 2 heterocycles. The zero-order valence-corrected chi connectivity index (χ0v) is 13.1. The predicted molar refractivity (Wildman–Crippen MR) is 85.7 cm³/mol. The molecule has 0 aliphatic carbocycles. The van der Waals surface area contributed by atoms with Crippen LogP contribution in [0.3, 0.4) is 0 Å². The second-order valence-electron chi connectivity index (χ2n) is 6.18. The maximum Gasteiger partial charge on any atom is 0.248 e. The molecule has 2 N–H and O–H groups in total. The van der Waals surface area contributed by atoms with Gasteiger partial charge in [0, 0.05) is 19.6 Å². The number of piperazine rings is 2. The highest BCUT2D eigenvalue weighted by Gasteiger charge is 2.42. The molecule has 0 aromatic heterocycles. The number of nitrogens with zero attached hydrogens (tertiary/aromatic N) is 2. The van der Waals surface area contributed by atoms with E-state index in [1.54, 1.807) is 4.90 Å². The maximum absolute atomic E-state index is 12.2.